The monoisotopic (exact) mass is 350 g/mol. The van der Waals surface area contributed by atoms with Crippen LogP contribution in [0.15, 0.2) is 54.7 Å². The first-order chi connectivity index (χ1) is 12.7. The number of aliphatic hydroxyl groups excluding tert-OH is 1. The van der Waals surface area contributed by atoms with Crippen molar-refractivity contribution in [2.45, 2.75) is 6.42 Å². The van der Waals surface area contributed by atoms with Gasteiger partial charge in [-0.25, -0.2) is 9.37 Å². The highest BCUT2D eigenvalue weighted by Crippen LogP contribution is 2.18. The molecule has 26 heavy (non-hydrogen) atoms. The predicted octanol–water partition coefficient (Wildman–Crippen LogP) is 2.63. The zero-order valence-electron chi connectivity index (χ0n) is 13.7. The molecule has 4 aromatic rings. The van der Waals surface area contributed by atoms with Crippen LogP contribution in [0.2, 0.25) is 0 Å². The summed E-state index contributed by atoms with van der Waals surface area (Å²) in [5, 5.41) is 20.3. The number of hydrogen-bond donors (Lipinski definition) is 2. The van der Waals surface area contributed by atoms with Gasteiger partial charge in [0.05, 0.1) is 11.9 Å². The van der Waals surface area contributed by atoms with Gasteiger partial charge in [-0.2, -0.15) is 9.67 Å². The number of hydrogen-bond acceptors (Lipinski definition) is 6. The number of anilines is 2. The fraction of sp³-hybridized carbons (Fsp3) is 0.111. The Morgan fingerprint density at radius 3 is 2.54 bits per heavy atom. The van der Waals surface area contributed by atoms with Gasteiger partial charge in [0.15, 0.2) is 11.2 Å². The SMILES string of the molecule is OCCc1ccc(-n2nnc3cnc(Nc4ccc(F)cc4)nc32)cc1. The molecule has 0 amide bonds. The van der Waals surface area contributed by atoms with E-state index >= 15 is 0 Å². The molecule has 0 fully saturated rings. The van der Waals surface area contributed by atoms with E-state index in [-0.39, 0.29) is 12.4 Å². The van der Waals surface area contributed by atoms with Crippen LogP contribution in [0, 0.1) is 5.82 Å². The number of fused-ring (bicyclic) bond motifs is 1. The fourth-order valence-corrected chi connectivity index (χ4v) is 2.56. The molecule has 2 heterocycles. The quantitative estimate of drug-likeness (QED) is 0.575. The first-order valence-corrected chi connectivity index (χ1v) is 8.04. The zero-order chi connectivity index (χ0) is 17.9. The van der Waals surface area contributed by atoms with Crippen molar-refractivity contribution >= 4 is 22.8 Å². The largest absolute Gasteiger partial charge is 0.396 e. The van der Waals surface area contributed by atoms with Gasteiger partial charge in [-0.3, -0.25) is 0 Å². The Kier molecular flexibility index (Phi) is 4.24. The van der Waals surface area contributed by atoms with E-state index in [2.05, 4.69) is 25.6 Å². The lowest BCUT2D eigenvalue weighted by Crippen LogP contribution is -2.02. The van der Waals surface area contributed by atoms with Gasteiger partial charge >= 0.3 is 0 Å². The molecule has 8 heteroatoms. The average Bonchev–Trinajstić information content (AvgIpc) is 3.08. The molecule has 0 unspecified atom stereocenters. The summed E-state index contributed by atoms with van der Waals surface area (Å²) in [6.45, 7) is 0.108. The maximum Gasteiger partial charge on any atom is 0.229 e. The molecule has 4 rings (SSSR count). The van der Waals surface area contributed by atoms with Gasteiger partial charge in [-0.1, -0.05) is 17.3 Å². The van der Waals surface area contributed by atoms with E-state index in [9.17, 15) is 4.39 Å². The van der Waals surface area contributed by atoms with Crippen LogP contribution in [0.5, 0.6) is 0 Å². The molecular formula is C18H15FN6O. The van der Waals surface area contributed by atoms with E-state index in [0.29, 0.717) is 29.2 Å². The highest BCUT2D eigenvalue weighted by Gasteiger charge is 2.10. The zero-order valence-corrected chi connectivity index (χ0v) is 13.7. The Morgan fingerprint density at radius 1 is 1.04 bits per heavy atom. The van der Waals surface area contributed by atoms with Crippen molar-refractivity contribution in [3.63, 3.8) is 0 Å². The number of nitrogens with zero attached hydrogens (tertiary/aromatic N) is 5. The van der Waals surface area contributed by atoms with Gasteiger partial charge in [0.25, 0.3) is 0 Å². The molecule has 0 saturated heterocycles. The van der Waals surface area contributed by atoms with Gasteiger partial charge < -0.3 is 10.4 Å². The van der Waals surface area contributed by atoms with E-state index in [1.807, 2.05) is 24.3 Å². The minimum absolute atomic E-state index is 0.108. The van der Waals surface area contributed by atoms with Crippen molar-refractivity contribution in [2.24, 2.45) is 0 Å². The number of nitrogens with one attached hydrogen (secondary N) is 1. The van der Waals surface area contributed by atoms with Crippen molar-refractivity contribution in [1.82, 2.24) is 25.0 Å². The summed E-state index contributed by atoms with van der Waals surface area (Å²) in [6.07, 6.45) is 2.18. The molecular weight excluding hydrogens is 335 g/mol. The molecule has 0 spiro atoms. The Morgan fingerprint density at radius 2 is 1.81 bits per heavy atom. The summed E-state index contributed by atoms with van der Waals surface area (Å²) in [5.41, 5.74) is 3.64. The second kappa shape index (κ2) is 6.85. The molecule has 0 aliphatic heterocycles. The number of aromatic nitrogens is 5. The third-order valence-corrected chi connectivity index (χ3v) is 3.87. The molecule has 0 aliphatic rings. The van der Waals surface area contributed by atoms with E-state index in [4.69, 9.17) is 5.11 Å². The van der Waals surface area contributed by atoms with E-state index in [1.165, 1.54) is 12.1 Å². The standard InChI is InChI=1S/C18H15FN6O/c19-13-3-5-14(6-4-13)21-18-20-11-16-17(22-18)25(24-23-16)15-7-1-12(2-8-15)9-10-26/h1-8,11,26H,9-10H2,(H,20,21,22). The van der Waals surface area contributed by atoms with E-state index in [1.54, 1.807) is 23.0 Å². The predicted molar refractivity (Wildman–Crippen MR) is 94.9 cm³/mol. The maximum atomic E-state index is 13.0. The summed E-state index contributed by atoms with van der Waals surface area (Å²) in [6, 6.07) is 13.6. The lowest BCUT2D eigenvalue weighted by molar-refractivity contribution is 0.299. The van der Waals surface area contributed by atoms with Crippen molar-refractivity contribution in [2.75, 3.05) is 11.9 Å². The number of halogens is 1. The third kappa shape index (κ3) is 3.22. The number of benzene rings is 2. The van der Waals surface area contributed by atoms with Crippen LogP contribution >= 0.6 is 0 Å². The number of rotatable bonds is 5. The molecule has 0 atom stereocenters. The molecule has 130 valence electrons. The molecule has 0 radical (unpaired) electrons. The maximum absolute atomic E-state index is 13.0. The number of aliphatic hydroxyl groups is 1. The van der Waals surface area contributed by atoms with Crippen molar-refractivity contribution in [3.05, 3.63) is 66.1 Å². The lowest BCUT2D eigenvalue weighted by atomic mass is 10.1. The molecule has 2 aromatic carbocycles. The molecule has 0 saturated carbocycles. The first kappa shape index (κ1) is 16.1. The summed E-state index contributed by atoms with van der Waals surface area (Å²) >= 11 is 0. The van der Waals surface area contributed by atoms with Gasteiger partial charge in [-0.15, -0.1) is 5.10 Å². The van der Waals surface area contributed by atoms with E-state index in [0.717, 1.165) is 11.3 Å². The summed E-state index contributed by atoms with van der Waals surface area (Å²) < 4.78 is 14.6. The van der Waals surface area contributed by atoms with Gasteiger partial charge in [-0.05, 0) is 48.4 Å². The normalized spacial score (nSPS) is 11.0. The molecule has 2 aromatic heterocycles. The van der Waals surface area contributed by atoms with Crippen LogP contribution in [-0.4, -0.2) is 36.7 Å². The highest BCUT2D eigenvalue weighted by atomic mass is 19.1. The van der Waals surface area contributed by atoms with Crippen LogP contribution in [-0.2, 0) is 6.42 Å². The fourth-order valence-electron chi connectivity index (χ4n) is 2.56. The van der Waals surface area contributed by atoms with Crippen molar-refractivity contribution in [1.29, 1.82) is 0 Å². The smallest absolute Gasteiger partial charge is 0.229 e. The minimum atomic E-state index is -0.307. The second-order valence-electron chi connectivity index (χ2n) is 5.68. The van der Waals surface area contributed by atoms with Crippen LogP contribution in [0.25, 0.3) is 16.9 Å². The van der Waals surface area contributed by atoms with Crippen LogP contribution < -0.4 is 5.32 Å². The van der Waals surface area contributed by atoms with Gasteiger partial charge in [0, 0.05) is 12.3 Å². The summed E-state index contributed by atoms with van der Waals surface area (Å²) in [4.78, 5) is 8.68. The van der Waals surface area contributed by atoms with Crippen LogP contribution in [0.3, 0.4) is 0 Å². The van der Waals surface area contributed by atoms with Crippen LogP contribution in [0.1, 0.15) is 5.56 Å². The molecule has 2 N–H and O–H groups in total. The summed E-state index contributed by atoms with van der Waals surface area (Å²) in [7, 11) is 0. The topological polar surface area (TPSA) is 88.8 Å². The first-order valence-electron chi connectivity index (χ1n) is 8.04. The van der Waals surface area contributed by atoms with Gasteiger partial charge in [0.2, 0.25) is 5.95 Å². The second-order valence-corrected chi connectivity index (χ2v) is 5.68. The average molecular weight is 350 g/mol. The van der Waals surface area contributed by atoms with Crippen LogP contribution in [0.4, 0.5) is 16.0 Å². The Hall–Kier alpha value is -3.39. The third-order valence-electron chi connectivity index (χ3n) is 3.87. The summed E-state index contributed by atoms with van der Waals surface area (Å²) in [5.74, 6) is 0.0587. The minimum Gasteiger partial charge on any atom is -0.396 e. The lowest BCUT2D eigenvalue weighted by Gasteiger charge is -2.06. The van der Waals surface area contributed by atoms with Crippen molar-refractivity contribution in [3.8, 4) is 5.69 Å². The highest BCUT2D eigenvalue weighted by molar-refractivity contribution is 5.72. The molecule has 0 bridgehead atoms. The Bertz CT molecular complexity index is 1030. The molecule has 7 nitrogen and oxygen atoms in total. The van der Waals surface area contributed by atoms with Gasteiger partial charge in [0.1, 0.15) is 5.82 Å². The van der Waals surface area contributed by atoms with E-state index < -0.39 is 0 Å². The molecule has 0 aliphatic carbocycles. The Labute approximate surface area is 148 Å². The Balaban J connectivity index is 1.66. The van der Waals surface area contributed by atoms with Crippen molar-refractivity contribution < 1.29 is 9.50 Å².